The van der Waals surface area contributed by atoms with Gasteiger partial charge in [-0.25, -0.2) is 0 Å². The molecule has 1 aromatic heterocycles. The van der Waals surface area contributed by atoms with Crippen molar-refractivity contribution >= 4 is 15.9 Å². The molecule has 0 amide bonds. The van der Waals surface area contributed by atoms with E-state index in [1.54, 1.807) is 12.4 Å². The Labute approximate surface area is 110 Å². The van der Waals surface area contributed by atoms with Crippen LogP contribution in [0.25, 0.3) is 0 Å². The molecule has 0 aliphatic rings. The standard InChI is InChI=1S/C15H12BrN/c1-12(14-6-8-15(16)9-7-14)4-5-13-3-2-10-17-11-13/h2-3,6-12H,1H3/t12-/m1/s1. The maximum Gasteiger partial charge on any atom is 0.0428 e. The summed E-state index contributed by atoms with van der Waals surface area (Å²) in [4.78, 5) is 4.04. The summed E-state index contributed by atoms with van der Waals surface area (Å²) in [6.45, 7) is 2.10. The molecule has 1 atom stereocenters. The van der Waals surface area contributed by atoms with Gasteiger partial charge in [0.2, 0.25) is 0 Å². The van der Waals surface area contributed by atoms with Crippen molar-refractivity contribution in [3.8, 4) is 11.8 Å². The van der Waals surface area contributed by atoms with E-state index in [1.807, 2.05) is 24.3 Å². The normalized spacial score (nSPS) is 11.4. The van der Waals surface area contributed by atoms with E-state index < -0.39 is 0 Å². The number of halogens is 1. The third-order valence-corrected chi connectivity index (χ3v) is 2.99. The molecule has 1 aromatic carbocycles. The van der Waals surface area contributed by atoms with Gasteiger partial charge in [0.15, 0.2) is 0 Å². The molecule has 1 nitrogen and oxygen atoms in total. The van der Waals surface area contributed by atoms with Crippen LogP contribution in [0.5, 0.6) is 0 Å². The first kappa shape index (κ1) is 11.9. The molecule has 0 aliphatic heterocycles. The summed E-state index contributed by atoms with van der Waals surface area (Å²) in [7, 11) is 0. The van der Waals surface area contributed by atoms with E-state index in [0.717, 1.165) is 10.0 Å². The van der Waals surface area contributed by atoms with Crippen LogP contribution < -0.4 is 0 Å². The SMILES string of the molecule is C[C@H](C#Cc1cccnc1)c1ccc(Br)cc1. The van der Waals surface area contributed by atoms with E-state index in [-0.39, 0.29) is 5.92 Å². The number of nitrogens with zero attached hydrogens (tertiary/aromatic N) is 1. The van der Waals surface area contributed by atoms with Crippen molar-refractivity contribution in [2.45, 2.75) is 12.8 Å². The Hall–Kier alpha value is -1.59. The number of pyridine rings is 1. The monoisotopic (exact) mass is 285 g/mol. The highest BCUT2D eigenvalue weighted by Crippen LogP contribution is 2.17. The van der Waals surface area contributed by atoms with Gasteiger partial charge in [-0.05, 0) is 36.8 Å². The fourth-order valence-corrected chi connectivity index (χ4v) is 1.73. The molecule has 0 fully saturated rings. The third kappa shape index (κ3) is 3.44. The summed E-state index contributed by atoms with van der Waals surface area (Å²) < 4.78 is 1.09. The maximum absolute atomic E-state index is 4.04. The Bertz CT molecular complexity index is 535. The Morgan fingerprint density at radius 2 is 1.94 bits per heavy atom. The Balaban J connectivity index is 2.15. The van der Waals surface area contributed by atoms with Crippen LogP contribution in [-0.4, -0.2) is 4.98 Å². The molecule has 0 unspecified atom stereocenters. The van der Waals surface area contributed by atoms with Crippen LogP contribution in [0.1, 0.15) is 24.0 Å². The molecule has 1 heterocycles. The number of hydrogen-bond acceptors (Lipinski definition) is 1. The van der Waals surface area contributed by atoms with E-state index in [0.29, 0.717) is 0 Å². The molecule has 0 saturated carbocycles. The minimum atomic E-state index is 0.225. The van der Waals surface area contributed by atoms with Gasteiger partial charge in [0.05, 0.1) is 0 Å². The molecule has 0 radical (unpaired) electrons. The lowest BCUT2D eigenvalue weighted by Crippen LogP contribution is -1.89. The molecule has 0 spiro atoms. The second-order valence-electron chi connectivity index (χ2n) is 3.78. The number of benzene rings is 1. The number of hydrogen-bond donors (Lipinski definition) is 0. The predicted octanol–water partition coefficient (Wildman–Crippen LogP) is 4.00. The van der Waals surface area contributed by atoms with Gasteiger partial charge in [-0.15, -0.1) is 0 Å². The molecular formula is C15H12BrN. The van der Waals surface area contributed by atoms with Crippen LogP contribution in [0.4, 0.5) is 0 Å². The van der Waals surface area contributed by atoms with Gasteiger partial charge in [0, 0.05) is 28.3 Å². The Kier molecular flexibility index (Phi) is 3.95. The number of rotatable bonds is 1. The summed E-state index contributed by atoms with van der Waals surface area (Å²) in [5.74, 6) is 6.59. The average Bonchev–Trinajstić information content (AvgIpc) is 2.38. The average molecular weight is 286 g/mol. The summed E-state index contributed by atoms with van der Waals surface area (Å²) in [5, 5.41) is 0. The first-order valence-electron chi connectivity index (χ1n) is 5.43. The van der Waals surface area contributed by atoms with Crippen molar-refractivity contribution in [1.29, 1.82) is 0 Å². The molecule has 0 saturated heterocycles. The highest BCUT2D eigenvalue weighted by atomic mass is 79.9. The molecule has 0 aliphatic carbocycles. The molecule has 2 rings (SSSR count). The zero-order valence-corrected chi connectivity index (χ0v) is 11.1. The van der Waals surface area contributed by atoms with Crippen molar-refractivity contribution in [3.63, 3.8) is 0 Å². The van der Waals surface area contributed by atoms with Crippen LogP contribution in [-0.2, 0) is 0 Å². The van der Waals surface area contributed by atoms with Crippen molar-refractivity contribution in [2.75, 3.05) is 0 Å². The van der Waals surface area contributed by atoms with E-state index >= 15 is 0 Å². The third-order valence-electron chi connectivity index (χ3n) is 2.46. The topological polar surface area (TPSA) is 12.9 Å². The fraction of sp³-hybridized carbons (Fsp3) is 0.133. The van der Waals surface area contributed by atoms with E-state index in [2.05, 4.69) is 51.8 Å². The summed E-state index contributed by atoms with van der Waals surface area (Å²) in [6.07, 6.45) is 3.53. The predicted molar refractivity (Wildman–Crippen MR) is 73.7 cm³/mol. The van der Waals surface area contributed by atoms with Gasteiger partial charge in [0.25, 0.3) is 0 Å². The van der Waals surface area contributed by atoms with Gasteiger partial charge in [-0.1, -0.05) is 39.9 Å². The highest BCUT2D eigenvalue weighted by Gasteiger charge is 2.00. The van der Waals surface area contributed by atoms with Gasteiger partial charge in [0.1, 0.15) is 0 Å². The summed E-state index contributed by atoms with van der Waals surface area (Å²) in [5.41, 5.74) is 2.18. The van der Waals surface area contributed by atoms with Crippen LogP contribution in [0.3, 0.4) is 0 Å². The Morgan fingerprint density at radius 1 is 1.18 bits per heavy atom. The van der Waals surface area contributed by atoms with Crippen LogP contribution in [0.15, 0.2) is 53.3 Å². The second kappa shape index (κ2) is 5.65. The molecule has 84 valence electrons. The van der Waals surface area contributed by atoms with Crippen molar-refractivity contribution in [1.82, 2.24) is 4.98 Å². The highest BCUT2D eigenvalue weighted by molar-refractivity contribution is 9.10. The van der Waals surface area contributed by atoms with E-state index in [4.69, 9.17) is 0 Å². The Morgan fingerprint density at radius 3 is 2.59 bits per heavy atom. The first-order chi connectivity index (χ1) is 8.25. The van der Waals surface area contributed by atoms with Gasteiger partial charge >= 0.3 is 0 Å². The summed E-state index contributed by atoms with van der Waals surface area (Å²) >= 11 is 3.43. The minimum absolute atomic E-state index is 0.225. The zero-order chi connectivity index (χ0) is 12.1. The van der Waals surface area contributed by atoms with Gasteiger partial charge in [-0.3, -0.25) is 4.98 Å². The lowest BCUT2D eigenvalue weighted by atomic mass is 10.0. The maximum atomic E-state index is 4.04. The van der Waals surface area contributed by atoms with Crippen molar-refractivity contribution in [2.24, 2.45) is 0 Å². The van der Waals surface area contributed by atoms with Gasteiger partial charge in [-0.2, -0.15) is 0 Å². The van der Waals surface area contributed by atoms with E-state index in [9.17, 15) is 0 Å². The molecular weight excluding hydrogens is 274 g/mol. The smallest absolute Gasteiger partial charge is 0.0428 e. The van der Waals surface area contributed by atoms with Crippen molar-refractivity contribution < 1.29 is 0 Å². The van der Waals surface area contributed by atoms with Gasteiger partial charge < -0.3 is 0 Å². The summed E-state index contributed by atoms with van der Waals surface area (Å²) in [6, 6.07) is 12.1. The zero-order valence-electron chi connectivity index (χ0n) is 9.52. The van der Waals surface area contributed by atoms with Crippen LogP contribution >= 0.6 is 15.9 Å². The fourth-order valence-electron chi connectivity index (χ4n) is 1.46. The minimum Gasteiger partial charge on any atom is -0.263 e. The lowest BCUT2D eigenvalue weighted by molar-refractivity contribution is 1.00. The molecule has 0 bridgehead atoms. The molecule has 2 heteroatoms. The van der Waals surface area contributed by atoms with Crippen LogP contribution in [0, 0.1) is 11.8 Å². The van der Waals surface area contributed by atoms with Crippen molar-refractivity contribution in [3.05, 3.63) is 64.4 Å². The van der Waals surface area contributed by atoms with Crippen LogP contribution in [0.2, 0.25) is 0 Å². The number of aromatic nitrogens is 1. The molecule has 0 N–H and O–H groups in total. The largest absolute Gasteiger partial charge is 0.263 e. The lowest BCUT2D eigenvalue weighted by Gasteiger charge is -2.03. The second-order valence-corrected chi connectivity index (χ2v) is 4.70. The molecule has 17 heavy (non-hydrogen) atoms. The van der Waals surface area contributed by atoms with E-state index in [1.165, 1.54) is 5.56 Å². The quantitative estimate of drug-likeness (QED) is 0.722. The molecule has 2 aromatic rings. The first-order valence-corrected chi connectivity index (χ1v) is 6.22.